The maximum atomic E-state index is 14.5. The van der Waals surface area contributed by atoms with Crippen LogP contribution in [-0.4, -0.2) is 16.0 Å². The molecule has 1 heterocycles. The van der Waals surface area contributed by atoms with Crippen LogP contribution in [0.25, 0.3) is 16.1 Å². The largest absolute Gasteiger partial charge is 0.268 e. The van der Waals surface area contributed by atoms with Crippen LogP contribution in [0.15, 0.2) is 16.7 Å². The Bertz CT molecular complexity index is 762. The number of hydrogen-bond acceptors (Lipinski definition) is 1. The van der Waals surface area contributed by atoms with Gasteiger partial charge in [0.25, 0.3) is 0 Å². The van der Waals surface area contributed by atoms with Gasteiger partial charge in [-0.05, 0) is 34.0 Å². The smallest absolute Gasteiger partial charge is 0.203 e. The van der Waals surface area contributed by atoms with Crippen LogP contribution < -0.4 is 0 Å². The summed E-state index contributed by atoms with van der Waals surface area (Å²) >= 11 is 9.24. The first kappa shape index (κ1) is 14.5. The second-order valence-corrected chi connectivity index (χ2v) is 6.18. The molecule has 2 aromatic rings. The van der Waals surface area contributed by atoms with Crippen LogP contribution >= 0.6 is 27.5 Å². The lowest BCUT2D eigenvalue weighted by atomic mass is 10.0. The first-order chi connectivity index (χ1) is 9.95. The van der Waals surface area contributed by atoms with Gasteiger partial charge in [-0.15, -0.1) is 0 Å². The van der Waals surface area contributed by atoms with Crippen LogP contribution in [0.4, 0.5) is 14.5 Å². The van der Waals surface area contributed by atoms with Gasteiger partial charge in [0.05, 0.1) is 28.0 Å². The van der Waals surface area contributed by atoms with Crippen molar-refractivity contribution in [2.45, 2.75) is 18.5 Å². The van der Waals surface area contributed by atoms with E-state index in [-0.39, 0.29) is 22.2 Å². The highest BCUT2D eigenvalue weighted by molar-refractivity contribution is 9.10. The number of aromatic nitrogens is 2. The summed E-state index contributed by atoms with van der Waals surface area (Å²) in [7, 11) is 1.64. The predicted molar refractivity (Wildman–Crippen MR) is 79.8 cm³/mol. The first-order valence-electron chi connectivity index (χ1n) is 6.17. The van der Waals surface area contributed by atoms with E-state index in [2.05, 4.69) is 25.9 Å². The summed E-state index contributed by atoms with van der Waals surface area (Å²) < 4.78 is 29.9. The zero-order valence-corrected chi connectivity index (χ0v) is 13.2. The molecule has 3 rings (SSSR count). The Kier molecular flexibility index (Phi) is 3.50. The van der Waals surface area contributed by atoms with E-state index in [9.17, 15) is 8.78 Å². The van der Waals surface area contributed by atoms with Crippen molar-refractivity contribution in [3.05, 3.63) is 44.6 Å². The van der Waals surface area contributed by atoms with Gasteiger partial charge in [-0.3, -0.25) is 4.68 Å². The highest BCUT2D eigenvalue weighted by atomic mass is 79.9. The van der Waals surface area contributed by atoms with Crippen molar-refractivity contribution in [1.82, 2.24) is 9.78 Å². The van der Waals surface area contributed by atoms with Gasteiger partial charge in [0.2, 0.25) is 5.69 Å². The van der Waals surface area contributed by atoms with Crippen LogP contribution in [0.2, 0.25) is 5.02 Å². The SMILES string of the molecule is [C-]#[N+]c1c(C2CC2F)cc(Cl)c(F)c1-c1c(Br)cnn1C. The number of aryl methyl sites for hydroxylation is 1. The Balaban J connectivity index is 2.34. The van der Waals surface area contributed by atoms with E-state index in [1.54, 1.807) is 7.05 Å². The molecule has 0 N–H and O–H groups in total. The Morgan fingerprint density at radius 1 is 1.57 bits per heavy atom. The molecule has 1 saturated carbocycles. The molecule has 7 heteroatoms. The predicted octanol–water partition coefficient (Wildman–Crippen LogP) is 5.02. The monoisotopic (exact) mass is 371 g/mol. The van der Waals surface area contributed by atoms with Crippen LogP contribution in [0.5, 0.6) is 0 Å². The molecule has 1 aromatic heterocycles. The summed E-state index contributed by atoms with van der Waals surface area (Å²) in [6.45, 7) is 7.37. The Morgan fingerprint density at radius 3 is 2.71 bits per heavy atom. The Labute approximate surface area is 133 Å². The zero-order valence-electron chi connectivity index (χ0n) is 10.9. The summed E-state index contributed by atoms with van der Waals surface area (Å²) in [4.78, 5) is 3.43. The van der Waals surface area contributed by atoms with Crippen LogP contribution in [0.3, 0.4) is 0 Å². The van der Waals surface area contributed by atoms with Crippen molar-refractivity contribution >= 4 is 33.2 Å². The molecule has 3 nitrogen and oxygen atoms in total. The summed E-state index contributed by atoms with van der Waals surface area (Å²) in [6, 6.07) is 1.36. The molecule has 0 bridgehead atoms. The highest BCUT2D eigenvalue weighted by Crippen LogP contribution is 2.52. The lowest BCUT2D eigenvalue weighted by Gasteiger charge is -2.13. The molecule has 1 aromatic carbocycles. The lowest BCUT2D eigenvalue weighted by Crippen LogP contribution is -1.99. The van der Waals surface area contributed by atoms with Crippen molar-refractivity contribution in [1.29, 1.82) is 0 Å². The van der Waals surface area contributed by atoms with Crippen LogP contribution in [0, 0.1) is 12.4 Å². The molecule has 2 atom stereocenters. The van der Waals surface area contributed by atoms with Crippen molar-refractivity contribution < 1.29 is 8.78 Å². The molecule has 1 fully saturated rings. The Morgan fingerprint density at radius 2 is 2.24 bits per heavy atom. The minimum Gasteiger partial charge on any atom is -0.268 e. The van der Waals surface area contributed by atoms with E-state index in [1.165, 1.54) is 16.9 Å². The third-order valence-corrected chi connectivity index (χ3v) is 4.43. The number of benzene rings is 1. The number of halogens is 4. The molecule has 0 amide bonds. The first-order valence-corrected chi connectivity index (χ1v) is 7.34. The molecular weight excluding hydrogens is 364 g/mol. The molecule has 0 saturated heterocycles. The van der Waals surface area contributed by atoms with E-state index in [1.807, 2.05) is 0 Å². The van der Waals surface area contributed by atoms with Gasteiger partial charge >= 0.3 is 0 Å². The van der Waals surface area contributed by atoms with E-state index in [0.717, 1.165) is 0 Å². The topological polar surface area (TPSA) is 22.2 Å². The van der Waals surface area contributed by atoms with Crippen LogP contribution in [0.1, 0.15) is 17.9 Å². The third kappa shape index (κ3) is 2.25. The van der Waals surface area contributed by atoms with Crippen molar-refractivity contribution in [3.8, 4) is 11.3 Å². The normalized spacial score (nSPS) is 20.4. The number of nitrogens with zero attached hydrogens (tertiary/aromatic N) is 3. The van der Waals surface area contributed by atoms with Gasteiger partial charge < -0.3 is 0 Å². The van der Waals surface area contributed by atoms with E-state index < -0.39 is 12.0 Å². The second kappa shape index (κ2) is 5.08. The fourth-order valence-electron chi connectivity index (χ4n) is 2.43. The molecule has 0 spiro atoms. The molecule has 2 unspecified atom stereocenters. The molecule has 0 aliphatic heterocycles. The zero-order chi connectivity index (χ0) is 15.3. The molecule has 108 valence electrons. The minimum absolute atomic E-state index is 0.0680. The third-order valence-electron chi connectivity index (χ3n) is 3.58. The lowest BCUT2D eigenvalue weighted by molar-refractivity contribution is 0.468. The maximum absolute atomic E-state index is 14.5. The fraction of sp³-hybridized carbons (Fsp3) is 0.286. The maximum Gasteiger partial charge on any atom is 0.203 e. The highest BCUT2D eigenvalue weighted by Gasteiger charge is 2.41. The van der Waals surface area contributed by atoms with Crippen molar-refractivity contribution in [2.24, 2.45) is 7.05 Å². The second-order valence-electron chi connectivity index (χ2n) is 4.92. The van der Waals surface area contributed by atoms with E-state index >= 15 is 0 Å². The quantitative estimate of drug-likeness (QED) is 0.679. The Hall–Kier alpha value is -1.45. The van der Waals surface area contributed by atoms with E-state index in [4.69, 9.17) is 18.2 Å². The molecule has 1 aliphatic carbocycles. The number of hydrogen-bond donors (Lipinski definition) is 0. The molecular formula is C14H9BrClF2N3. The number of alkyl halides is 1. The van der Waals surface area contributed by atoms with Crippen LogP contribution in [-0.2, 0) is 7.05 Å². The summed E-state index contributed by atoms with van der Waals surface area (Å²) in [6.07, 6.45) is 0.865. The average molecular weight is 373 g/mol. The minimum atomic E-state index is -0.991. The standard InChI is InChI=1S/C14H9BrClF2N3/c1-19-13-7(6-4-10(6)17)3-9(16)12(18)11(13)14-8(15)5-20-21(14)2/h3,5-6,10H,4H2,2H3. The molecule has 0 radical (unpaired) electrons. The van der Waals surface area contributed by atoms with Gasteiger partial charge in [-0.1, -0.05) is 11.6 Å². The van der Waals surface area contributed by atoms with Gasteiger partial charge in [0, 0.05) is 18.5 Å². The average Bonchev–Trinajstić information content (AvgIpc) is 3.08. The van der Waals surface area contributed by atoms with Gasteiger partial charge in [0.15, 0.2) is 0 Å². The van der Waals surface area contributed by atoms with Gasteiger partial charge in [-0.25, -0.2) is 13.6 Å². The van der Waals surface area contributed by atoms with E-state index in [0.29, 0.717) is 22.2 Å². The van der Waals surface area contributed by atoms with Crippen molar-refractivity contribution in [2.75, 3.05) is 0 Å². The molecule has 1 aliphatic rings. The van der Waals surface area contributed by atoms with Crippen molar-refractivity contribution in [3.63, 3.8) is 0 Å². The number of rotatable bonds is 2. The molecule has 21 heavy (non-hydrogen) atoms. The summed E-state index contributed by atoms with van der Waals surface area (Å²) in [5, 5.41) is 3.92. The fourth-order valence-corrected chi connectivity index (χ4v) is 3.19. The van der Waals surface area contributed by atoms with Gasteiger partial charge in [0.1, 0.15) is 12.0 Å². The summed E-state index contributed by atoms with van der Waals surface area (Å²) in [5.41, 5.74) is 1.05. The van der Waals surface area contributed by atoms with Gasteiger partial charge in [-0.2, -0.15) is 5.10 Å². The summed E-state index contributed by atoms with van der Waals surface area (Å²) in [5.74, 6) is -1.07.